The van der Waals surface area contributed by atoms with Gasteiger partial charge >= 0.3 is 88.7 Å². The van der Waals surface area contributed by atoms with Crippen LogP contribution in [0.2, 0.25) is 0 Å². The second-order valence-electron chi connectivity index (χ2n) is 8.59. The van der Waals surface area contributed by atoms with Crippen LogP contribution in [0, 0.1) is 6.92 Å². The molecule has 3 aromatic carbocycles. The predicted molar refractivity (Wildman–Crippen MR) is 141 cm³/mol. The monoisotopic (exact) mass is 812 g/mol. The molecule has 1 amide bonds. The fourth-order valence-electron chi connectivity index (χ4n) is 3.72. The number of nitrogens with one attached hydrogen (secondary N) is 1. The van der Waals surface area contributed by atoms with Crippen LogP contribution in [0.25, 0.3) is 10.8 Å². The Hall–Kier alpha value is -0.251. The zero-order valence-corrected chi connectivity index (χ0v) is 35.0. The first kappa shape index (κ1) is 48.9. The number of carbonyl (C=O) groups is 1. The Morgan fingerprint density at radius 2 is 1.43 bits per heavy atom. The Bertz CT molecular complexity index is 2150. The number of carbonyl (C=O) groups excluding carboxylic acids is 1. The molecule has 3 rings (SSSR count). The zero-order valence-electron chi connectivity index (χ0n) is 24.8. The standard InChI is InChI=1S/C21H21N3O15S4.Cu.3Na/c1-10-5-14(16(26)9-17(10)40(28,29)4-3-39-43(36,37)38)23-24-20-18(42(33,34)35)7-12-6-13(41(30,31)32)8-15(22-11(2)25)19(12)21(20)27;;;;/h5-9,26-27H,3-4H2,1-2H3,(H,22,25)(H,30,31,32)(H,33,34,35)(H,36,37,38);;;;/q;;3*+1/p-3. The number of hydrogen-bond acceptors (Lipinski definition) is 17. The van der Waals surface area contributed by atoms with Crippen molar-refractivity contribution in [1.82, 2.24) is 0 Å². The fourth-order valence-corrected chi connectivity index (χ4v) is 6.65. The Balaban J connectivity index is 0. The molecule has 245 valence electrons. The molecule has 0 unspecified atom stereocenters. The molecule has 0 aliphatic rings. The van der Waals surface area contributed by atoms with Crippen molar-refractivity contribution in [1.29, 1.82) is 0 Å². The minimum absolute atomic E-state index is 0. The van der Waals surface area contributed by atoms with E-state index in [0.29, 0.717) is 24.3 Å². The Kier molecular flexibility index (Phi) is 19.0. The summed E-state index contributed by atoms with van der Waals surface area (Å²) in [5.74, 6) is -3.77. The van der Waals surface area contributed by atoms with Gasteiger partial charge in [0.1, 0.15) is 37.4 Å². The van der Waals surface area contributed by atoms with E-state index >= 15 is 0 Å². The maximum Gasteiger partial charge on any atom is 1.00 e. The molecule has 0 aromatic heterocycles. The number of anilines is 1. The third-order valence-corrected chi connectivity index (χ3v) is 9.37. The van der Waals surface area contributed by atoms with Crippen molar-refractivity contribution < 1.29 is 172 Å². The van der Waals surface area contributed by atoms with Crippen molar-refractivity contribution in [3.63, 3.8) is 0 Å². The normalized spacial score (nSPS) is 11.9. The molecule has 47 heavy (non-hydrogen) atoms. The third kappa shape index (κ3) is 12.8. The number of benzene rings is 3. The molecule has 0 saturated carbocycles. The Morgan fingerprint density at radius 3 is 1.91 bits per heavy atom. The van der Waals surface area contributed by atoms with Crippen molar-refractivity contribution >= 4 is 74.2 Å². The number of amides is 1. The summed E-state index contributed by atoms with van der Waals surface area (Å²) in [6, 6.07) is 3.50. The summed E-state index contributed by atoms with van der Waals surface area (Å²) < 4.78 is 131. The van der Waals surface area contributed by atoms with Crippen molar-refractivity contribution in [2.45, 2.75) is 28.5 Å². The maximum absolute atomic E-state index is 12.5. The molecule has 3 aromatic rings. The Morgan fingerprint density at radius 1 is 0.851 bits per heavy atom. The van der Waals surface area contributed by atoms with Crippen LogP contribution in [-0.2, 0) is 66.5 Å². The number of fused-ring (bicyclic) bond motifs is 1. The van der Waals surface area contributed by atoms with E-state index in [2.05, 4.69) is 19.7 Å². The summed E-state index contributed by atoms with van der Waals surface area (Å²) in [4.78, 5) is 8.97. The van der Waals surface area contributed by atoms with Gasteiger partial charge in [-0.05, 0) is 42.1 Å². The quantitative estimate of drug-likeness (QED) is 0.0741. The molecule has 1 radical (unpaired) electrons. The number of rotatable bonds is 10. The molecular weight excluding hydrogens is 795 g/mol. The van der Waals surface area contributed by atoms with Gasteiger partial charge in [-0.25, -0.2) is 33.7 Å². The van der Waals surface area contributed by atoms with Gasteiger partial charge in [-0.3, -0.25) is 8.98 Å². The first-order valence-corrected chi connectivity index (χ1v) is 16.9. The van der Waals surface area contributed by atoms with E-state index in [1.54, 1.807) is 0 Å². The smallest absolute Gasteiger partial charge is 0.744 e. The first-order chi connectivity index (χ1) is 19.5. The molecule has 0 aliphatic heterocycles. The fraction of sp³-hybridized carbons (Fsp3) is 0.190. The van der Waals surface area contributed by atoms with Crippen LogP contribution >= 0.6 is 0 Å². The van der Waals surface area contributed by atoms with Crippen LogP contribution in [0.1, 0.15) is 12.5 Å². The van der Waals surface area contributed by atoms with Crippen LogP contribution < -0.4 is 94.0 Å². The van der Waals surface area contributed by atoms with Crippen LogP contribution in [0.5, 0.6) is 11.5 Å². The zero-order chi connectivity index (χ0) is 32.7. The molecule has 3 N–H and O–H groups in total. The average molecular weight is 813 g/mol. The van der Waals surface area contributed by atoms with E-state index in [1.165, 1.54) is 6.92 Å². The van der Waals surface area contributed by atoms with Gasteiger partial charge < -0.3 is 29.2 Å². The van der Waals surface area contributed by atoms with Crippen molar-refractivity contribution in [3.05, 3.63) is 35.9 Å². The molecule has 0 fully saturated rings. The van der Waals surface area contributed by atoms with E-state index in [-0.39, 0.29) is 111 Å². The second-order valence-corrected chi connectivity index (χ2v) is 14.4. The van der Waals surface area contributed by atoms with Gasteiger partial charge in [-0.1, -0.05) is 0 Å². The third-order valence-electron chi connectivity index (χ3n) is 5.44. The van der Waals surface area contributed by atoms with Gasteiger partial charge in [-0.2, -0.15) is 0 Å². The van der Waals surface area contributed by atoms with E-state index in [0.717, 1.165) is 13.0 Å². The van der Waals surface area contributed by atoms with Crippen LogP contribution in [0.4, 0.5) is 17.1 Å². The summed E-state index contributed by atoms with van der Waals surface area (Å²) in [6.45, 7) is 1.19. The second kappa shape index (κ2) is 18.3. The number of hydrogen-bond donors (Lipinski definition) is 3. The molecule has 18 nitrogen and oxygen atoms in total. The van der Waals surface area contributed by atoms with Gasteiger partial charge in [0, 0.05) is 35.4 Å². The summed E-state index contributed by atoms with van der Waals surface area (Å²) >= 11 is 0. The summed E-state index contributed by atoms with van der Waals surface area (Å²) in [5, 5.41) is 29.6. The minimum Gasteiger partial charge on any atom is -0.744 e. The number of nitrogens with zero attached hydrogens (tertiary/aromatic N) is 2. The minimum atomic E-state index is -5.50. The number of aromatic hydroxyl groups is 2. The van der Waals surface area contributed by atoms with Gasteiger partial charge in [0.25, 0.3) is 0 Å². The van der Waals surface area contributed by atoms with E-state index < -0.39 is 113 Å². The molecule has 0 heterocycles. The molecule has 0 bridgehead atoms. The van der Waals surface area contributed by atoms with Crippen LogP contribution in [0.15, 0.2) is 55.2 Å². The van der Waals surface area contributed by atoms with Gasteiger partial charge in [0.2, 0.25) is 16.3 Å². The maximum atomic E-state index is 12.5. The SMILES string of the molecule is CC(=O)Nc1cc(S(=O)(=O)[O-])cc2cc(S(=O)(=O)[O-])c(N=Nc3cc(C)c(S(=O)(=O)CCOS(=O)(=O)[O-])cc3O)c(O)c12.[Cu].[Na+].[Na+].[Na+]. The number of aryl methyl sites for hydroxylation is 1. The molecule has 0 spiro atoms. The summed E-state index contributed by atoms with van der Waals surface area (Å²) in [5.41, 5.74) is -2.13. The molecule has 0 atom stereocenters. The number of sulfone groups is 1. The summed E-state index contributed by atoms with van der Waals surface area (Å²) in [7, 11) is -20.2. The van der Waals surface area contributed by atoms with Gasteiger partial charge in [-0.15, -0.1) is 10.2 Å². The largest absolute Gasteiger partial charge is 1.00 e. The number of phenolic OH excluding ortho intramolecular Hbond substituents is 2. The molecule has 0 aliphatic carbocycles. The number of azo groups is 1. The molecule has 26 heteroatoms. The molecule has 0 saturated heterocycles. The number of phenols is 2. The average Bonchev–Trinajstić information content (AvgIpc) is 2.82. The van der Waals surface area contributed by atoms with Crippen molar-refractivity contribution in [3.8, 4) is 11.5 Å². The van der Waals surface area contributed by atoms with Crippen molar-refractivity contribution in [2.75, 3.05) is 17.7 Å². The van der Waals surface area contributed by atoms with Crippen molar-refractivity contribution in [2.24, 2.45) is 10.2 Å². The van der Waals surface area contributed by atoms with Gasteiger partial charge in [0.05, 0.1) is 32.7 Å². The van der Waals surface area contributed by atoms with E-state index in [4.69, 9.17) is 0 Å². The van der Waals surface area contributed by atoms with Gasteiger partial charge in [0.15, 0.2) is 15.6 Å². The summed E-state index contributed by atoms with van der Waals surface area (Å²) in [6.07, 6.45) is 0. The van der Waals surface area contributed by atoms with E-state index in [9.17, 15) is 62.3 Å². The first-order valence-electron chi connectivity index (χ1n) is 11.1. The van der Waals surface area contributed by atoms with Crippen LogP contribution in [-0.4, -0.2) is 75.8 Å². The topological polar surface area (TPSA) is 309 Å². The predicted octanol–water partition coefficient (Wildman–Crippen LogP) is -8.00. The van der Waals surface area contributed by atoms with E-state index in [1.807, 2.05) is 0 Å². The Labute approximate surface area is 345 Å². The van der Waals surface area contributed by atoms with Crippen LogP contribution in [0.3, 0.4) is 0 Å². The molecular formula is C21H18CuN3Na3O15S4.